The zero-order valence-electron chi connectivity index (χ0n) is 14.2. The highest BCUT2D eigenvalue weighted by Crippen LogP contribution is 2.55. The lowest BCUT2D eigenvalue weighted by Gasteiger charge is -2.12. The van der Waals surface area contributed by atoms with Crippen molar-refractivity contribution in [2.24, 2.45) is 17.8 Å². The van der Waals surface area contributed by atoms with Crippen molar-refractivity contribution in [1.82, 2.24) is 5.32 Å². The molecule has 0 unspecified atom stereocenters. The number of carbonyl (C=O) groups excluding carboxylic acids is 1. The average molecular weight is 329 g/mol. The molecule has 0 radical (unpaired) electrons. The van der Waals surface area contributed by atoms with Gasteiger partial charge in [-0.3, -0.25) is 4.79 Å². The predicted molar refractivity (Wildman–Crippen MR) is 91.7 cm³/mol. The molecule has 4 heteroatoms. The van der Waals surface area contributed by atoms with E-state index in [1.165, 1.54) is 25.7 Å². The molecule has 0 aromatic heterocycles. The number of amides is 1. The van der Waals surface area contributed by atoms with Gasteiger partial charge in [0.1, 0.15) is 12.4 Å². The van der Waals surface area contributed by atoms with Crippen molar-refractivity contribution in [1.29, 1.82) is 0 Å². The molecular formula is C20H27NO3. The molecule has 1 N–H and O–H groups in total. The van der Waals surface area contributed by atoms with Gasteiger partial charge in [0, 0.05) is 19.1 Å². The number of hydrogen-bond acceptors (Lipinski definition) is 3. The van der Waals surface area contributed by atoms with Crippen LogP contribution in [0.2, 0.25) is 0 Å². The van der Waals surface area contributed by atoms with Crippen molar-refractivity contribution in [2.75, 3.05) is 13.2 Å². The summed E-state index contributed by atoms with van der Waals surface area (Å²) in [6.45, 7) is 2.05. The third-order valence-electron chi connectivity index (χ3n) is 5.78. The molecule has 0 bridgehead atoms. The van der Waals surface area contributed by atoms with E-state index in [2.05, 4.69) is 5.32 Å². The summed E-state index contributed by atoms with van der Waals surface area (Å²) in [4.78, 5) is 12.4. The molecule has 1 amide bonds. The van der Waals surface area contributed by atoms with E-state index in [9.17, 15) is 4.79 Å². The summed E-state index contributed by atoms with van der Waals surface area (Å²) < 4.78 is 11.4. The van der Waals surface area contributed by atoms with Gasteiger partial charge in [0.25, 0.3) is 0 Å². The van der Waals surface area contributed by atoms with Crippen LogP contribution in [-0.4, -0.2) is 25.2 Å². The smallest absolute Gasteiger partial charge is 0.223 e. The van der Waals surface area contributed by atoms with Gasteiger partial charge < -0.3 is 14.8 Å². The van der Waals surface area contributed by atoms with E-state index in [-0.39, 0.29) is 17.9 Å². The zero-order chi connectivity index (χ0) is 16.4. The molecule has 4 nitrogen and oxygen atoms in total. The molecule has 1 heterocycles. The molecule has 4 rings (SSSR count). The van der Waals surface area contributed by atoms with Crippen LogP contribution in [0.3, 0.4) is 0 Å². The fourth-order valence-corrected chi connectivity index (χ4v) is 4.40. The first-order valence-electron chi connectivity index (χ1n) is 9.42. The lowest BCUT2D eigenvalue weighted by atomic mass is 10.0. The number of rotatable bonds is 6. The topological polar surface area (TPSA) is 47.6 Å². The van der Waals surface area contributed by atoms with E-state index in [1.807, 2.05) is 24.3 Å². The second-order valence-corrected chi connectivity index (χ2v) is 7.45. The van der Waals surface area contributed by atoms with Crippen molar-refractivity contribution < 1.29 is 14.3 Å². The molecule has 3 atom stereocenters. The lowest BCUT2D eigenvalue weighted by molar-refractivity contribution is -0.123. The van der Waals surface area contributed by atoms with Crippen LogP contribution < -0.4 is 10.1 Å². The first kappa shape index (κ1) is 15.9. The van der Waals surface area contributed by atoms with Gasteiger partial charge in [-0.1, -0.05) is 25.0 Å². The number of nitrogens with one attached hydrogen (secondary N) is 1. The van der Waals surface area contributed by atoms with E-state index in [4.69, 9.17) is 9.47 Å². The average Bonchev–Trinajstić information content (AvgIpc) is 3.11. The summed E-state index contributed by atoms with van der Waals surface area (Å²) in [6, 6.07) is 8.02. The van der Waals surface area contributed by atoms with Crippen LogP contribution >= 0.6 is 0 Å². The third-order valence-corrected chi connectivity index (χ3v) is 5.78. The van der Waals surface area contributed by atoms with Crippen molar-refractivity contribution >= 4 is 5.91 Å². The molecule has 24 heavy (non-hydrogen) atoms. The highest BCUT2D eigenvalue weighted by atomic mass is 16.5. The maximum Gasteiger partial charge on any atom is 0.223 e. The molecule has 2 aliphatic carbocycles. The summed E-state index contributed by atoms with van der Waals surface area (Å²) in [7, 11) is 0. The van der Waals surface area contributed by atoms with Crippen LogP contribution in [0.25, 0.3) is 0 Å². The van der Waals surface area contributed by atoms with Crippen LogP contribution in [-0.2, 0) is 16.1 Å². The molecule has 1 aliphatic heterocycles. The lowest BCUT2D eigenvalue weighted by Crippen LogP contribution is -2.25. The first-order valence-corrected chi connectivity index (χ1v) is 9.42. The molecule has 0 spiro atoms. The Kier molecular flexibility index (Phi) is 4.74. The first-order chi connectivity index (χ1) is 11.8. The van der Waals surface area contributed by atoms with Crippen LogP contribution in [0.5, 0.6) is 5.75 Å². The maximum atomic E-state index is 12.4. The number of ether oxygens (including phenoxy) is 2. The van der Waals surface area contributed by atoms with Crippen molar-refractivity contribution in [2.45, 2.75) is 51.2 Å². The largest absolute Gasteiger partial charge is 0.491 e. The molecule has 1 saturated heterocycles. The maximum absolute atomic E-state index is 12.4. The molecule has 2 saturated carbocycles. The summed E-state index contributed by atoms with van der Waals surface area (Å²) in [5, 5.41) is 3.12. The Balaban J connectivity index is 1.25. The van der Waals surface area contributed by atoms with Gasteiger partial charge in [-0.2, -0.15) is 0 Å². The van der Waals surface area contributed by atoms with E-state index in [0.717, 1.165) is 30.8 Å². The molecule has 3 fully saturated rings. The van der Waals surface area contributed by atoms with E-state index in [0.29, 0.717) is 25.0 Å². The highest BCUT2D eigenvalue weighted by molar-refractivity contribution is 5.82. The Morgan fingerprint density at radius 1 is 1.17 bits per heavy atom. The minimum Gasteiger partial charge on any atom is -0.491 e. The fourth-order valence-electron chi connectivity index (χ4n) is 4.40. The Morgan fingerprint density at radius 3 is 2.75 bits per heavy atom. The van der Waals surface area contributed by atoms with Crippen LogP contribution in [0.4, 0.5) is 0 Å². The van der Waals surface area contributed by atoms with Gasteiger partial charge in [-0.15, -0.1) is 0 Å². The fraction of sp³-hybridized carbons (Fsp3) is 0.650. The second-order valence-electron chi connectivity index (χ2n) is 7.45. The number of hydrogen-bond donors (Lipinski definition) is 1. The third kappa shape index (κ3) is 3.59. The second kappa shape index (κ2) is 7.14. The van der Waals surface area contributed by atoms with Crippen LogP contribution in [0, 0.1) is 17.8 Å². The molecule has 130 valence electrons. The quantitative estimate of drug-likeness (QED) is 0.871. The van der Waals surface area contributed by atoms with Gasteiger partial charge in [0.2, 0.25) is 5.91 Å². The minimum atomic E-state index is 0.228. The standard InChI is InChI=1S/C20H27NO3/c22-20(19-17-8-1-2-9-18(17)19)21-12-14-5-3-6-15(11-14)24-13-16-7-4-10-23-16/h3,5-6,11,16-19H,1-2,4,7-10,12-13H2,(H,21,22)/t16-,17+,18+/m0/s1. The minimum absolute atomic E-state index is 0.228. The number of carbonyl (C=O) groups is 1. The van der Waals surface area contributed by atoms with E-state index >= 15 is 0 Å². The SMILES string of the molecule is O=C(NCc1cccc(OC[C@@H]2CCCO2)c1)C1[C@@H]2CCCC[C@@H]12. The Bertz CT molecular complexity index is 570. The highest BCUT2D eigenvalue weighted by Gasteiger charge is 2.54. The van der Waals surface area contributed by atoms with Crippen molar-refractivity contribution in [3.8, 4) is 5.75 Å². The van der Waals surface area contributed by atoms with Gasteiger partial charge in [-0.05, 0) is 55.2 Å². The Hall–Kier alpha value is -1.55. The van der Waals surface area contributed by atoms with Gasteiger partial charge in [0.15, 0.2) is 0 Å². The molecule has 1 aromatic rings. The van der Waals surface area contributed by atoms with Crippen LogP contribution in [0.15, 0.2) is 24.3 Å². The zero-order valence-corrected chi connectivity index (χ0v) is 14.2. The summed E-state index contributed by atoms with van der Waals surface area (Å²) in [5.74, 6) is 2.72. The monoisotopic (exact) mass is 329 g/mol. The van der Waals surface area contributed by atoms with E-state index < -0.39 is 0 Å². The predicted octanol–water partition coefficient (Wildman–Crippen LogP) is 3.30. The number of benzene rings is 1. The number of fused-ring (bicyclic) bond motifs is 1. The van der Waals surface area contributed by atoms with Gasteiger partial charge in [0.05, 0.1) is 6.10 Å². The normalized spacial score (nSPS) is 31.3. The van der Waals surface area contributed by atoms with Crippen molar-refractivity contribution in [3.63, 3.8) is 0 Å². The summed E-state index contributed by atoms with van der Waals surface area (Å²) in [5.41, 5.74) is 1.09. The molecule has 3 aliphatic rings. The van der Waals surface area contributed by atoms with Crippen LogP contribution in [0.1, 0.15) is 44.1 Å². The molecule has 1 aromatic carbocycles. The Morgan fingerprint density at radius 2 is 2.00 bits per heavy atom. The molecular weight excluding hydrogens is 302 g/mol. The van der Waals surface area contributed by atoms with E-state index in [1.54, 1.807) is 0 Å². The van der Waals surface area contributed by atoms with Gasteiger partial charge in [-0.25, -0.2) is 0 Å². The summed E-state index contributed by atoms with van der Waals surface area (Å²) in [6.07, 6.45) is 7.53. The van der Waals surface area contributed by atoms with Crippen molar-refractivity contribution in [3.05, 3.63) is 29.8 Å². The Labute approximate surface area is 143 Å². The van der Waals surface area contributed by atoms with Gasteiger partial charge >= 0.3 is 0 Å². The summed E-state index contributed by atoms with van der Waals surface area (Å²) >= 11 is 0.